The topological polar surface area (TPSA) is 51.2 Å². The zero-order valence-corrected chi connectivity index (χ0v) is 12.2. The van der Waals surface area contributed by atoms with Crippen LogP contribution in [0.15, 0.2) is 18.3 Å². The van der Waals surface area contributed by atoms with Crippen molar-refractivity contribution in [3.8, 4) is 0 Å². The second-order valence-corrected chi connectivity index (χ2v) is 5.65. The van der Waals surface area contributed by atoms with E-state index in [1.54, 1.807) is 18.3 Å². The Hall–Kier alpha value is -1.23. The fraction of sp³-hybridized carbons (Fsp3) is 0.571. The Morgan fingerprint density at radius 2 is 2.42 bits per heavy atom. The van der Waals surface area contributed by atoms with Crippen molar-refractivity contribution in [1.29, 1.82) is 0 Å². The Labute approximate surface area is 118 Å². The van der Waals surface area contributed by atoms with E-state index in [1.165, 1.54) is 12.8 Å². The molecule has 0 radical (unpaired) electrons. The van der Waals surface area contributed by atoms with E-state index in [2.05, 4.69) is 16.6 Å². The first kappa shape index (κ1) is 14.2. The molecule has 19 heavy (non-hydrogen) atoms. The minimum atomic E-state index is -0.309. The first-order valence-corrected chi connectivity index (χ1v) is 7.96. The zero-order valence-electron chi connectivity index (χ0n) is 11.4. The van der Waals surface area contributed by atoms with Gasteiger partial charge < -0.3 is 10.1 Å². The van der Waals surface area contributed by atoms with Crippen LogP contribution in [-0.2, 0) is 4.74 Å². The predicted octanol–water partition coefficient (Wildman–Crippen LogP) is 2.95. The van der Waals surface area contributed by atoms with Crippen LogP contribution in [0.4, 0.5) is 5.82 Å². The van der Waals surface area contributed by atoms with Crippen molar-refractivity contribution >= 4 is 23.5 Å². The highest BCUT2D eigenvalue weighted by Gasteiger charge is 2.27. The summed E-state index contributed by atoms with van der Waals surface area (Å²) in [6, 6.07) is 3.91. The van der Waals surface area contributed by atoms with Gasteiger partial charge in [0.1, 0.15) is 11.4 Å². The minimum Gasteiger partial charge on any atom is -0.462 e. The largest absolute Gasteiger partial charge is 0.462 e. The first-order valence-electron chi connectivity index (χ1n) is 6.67. The quantitative estimate of drug-likeness (QED) is 0.840. The smallest absolute Gasteiger partial charge is 0.341 e. The number of anilines is 1. The van der Waals surface area contributed by atoms with Gasteiger partial charge in [-0.05, 0) is 38.2 Å². The summed E-state index contributed by atoms with van der Waals surface area (Å²) < 4.78 is 5.06. The van der Waals surface area contributed by atoms with Gasteiger partial charge >= 0.3 is 5.97 Å². The summed E-state index contributed by atoms with van der Waals surface area (Å²) in [6.45, 7) is 2.19. The monoisotopic (exact) mass is 280 g/mol. The average Bonchev–Trinajstić information content (AvgIpc) is 2.87. The Kier molecular flexibility index (Phi) is 5.07. The summed E-state index contributed by atoms with van der Waals surface area (Å²) in [5.41, 5.74) is 0.524. The van der Waals surface area contributed by atoms with Gasteiger partial charge in [0.25, 0.3) is 0 Å². The average molecular weight is 280 g/mol. The summed E-state index contributed by atoms with van der Waals surface area (Å²) >= 11 is 1.88. The number of hydrogen-bond acceptors (Lipinski definition) is 5. The molecule has 1 aliphatic rings. The number of nitrogens with one attached hydrogen (secondary N) is 1. The fourth-order valence-corrected chi connectivity index (χ4v) is 3.38. The molecule has 1 aromatic rings. The normalized spacial score (nSPS) is 22.2. The van der Waals surface area contributed by atoms with Crippen LogP contribution in [-0.4, -0.2) is 35.1 Å². The van der Waals surface area contributed by atoms with Crippen LogP contribution >= 0.6 is 11.8 Å². The van der Waals surface area contributed by atoms with Crippen molar-refractivity contribution in [2.75, 3.05) is 18.2 Å². The molecule has 0 saturated heterocycles. The molecule has 0 aliphatic heterocycles. The summed E-state index contributed by atoms with van der Waals surface area (Å²) in [5.74, 6) is 0.337. The Morgan fingerprint density at radius 3 is 3.16 bits per heavy atom. The minimum absolute atomic E-state index is 0.309. The van der Waals surface area contributed by atoms with Gasteiger partial charge in [-0.2, -0.15) is 11.8 Å². The van der Waals surface area contributed by atoms with E-state index in [0.717, 1.165) is 6.42 Å². The maximum Gasteiger partial charge on any atom is 0.341 e. The lowest BCUT2D eigenvalue weighted by atomic mass is 10.2. The number of nitrogens with zero attached hydrogens (tertiary/aromatic N) is 1. The van der Waals surface area contributed by atoms with Gasteiger partial charge in [-0.1, -0.05) is 6.42 Å². The van der Waals surface area contributed by atoms with Crippen LogP contribution < -0.4 is 5.32 Å². The molecule has 5 heteroatoms. The van der Waals surface area contributed by atoms with E-state index in [-0.39, 0.29) is 5.97 Å². The molecule has 1 heterocycles. The maximum atomic E-state index is 11.9. The predicted molar refractivity (Wildman–Crippen MR) is 78.8 cm³/mol. The number of thioether (sulfide) groups is 1. The number of carbonyl (C=O) groups excluding carboxylic acids is 1. The summed E-state index contributed by atoms with van der Waals surface area (Å²) in [6.07, 6.45) is 7.42. The van der Waals surface area contributed by atoms with E-state index in [9.17, 15) is 4.79 Å². The highest BCUT2D eigenvalue weighted by molar-refractivity contribution is 7.99. The van der Waals surface area contributed by atoms with Gasteiger partial charge in [0.05, 0.1) is 6.61 Å². The van der Waals surface area contributed by atoms with Crippen LogP contribution in [0.3, 0.4) is 0 Å². The summed E-state index contributed by atoms with van der Waals surface area (Å²) in [4.78, 5) is 16.2. The molecular weight excluding hydrogens is 260 g/mol. The standard InChI is InChI=1S/C14H20N2O2S/c1-3-18-14(17)10-6-5-9-15-13(10)16-11-7-4-8-12(11)19-2/h5-6,9,11-12H,3-4,7-8H2,1-2H3,(H,15,16). The first-order chi connectivity index (χ1) is 9.26. The third-order valence-electron chi connectivity index (χ3n) is 3.38. The van der Waals surface area contributed by atoms with Crippen LogP contribution in [0.2, 0.25) is 0 Å². The fourth-order valence-electron chi connectivity index (χ4n) is 2.44. The Morgan fingerprint density at radius 1 is 1.58 bits per heavy atom. The summed E-state index contributed by atoms with van der Waals surface area (Å²) in [7, 11) is 0. The molecule has 1 saturated carbocycles. The Balaban J connectivity index is 2.13. The van der Waals surface area contributed by atoms with Crippen molar-refractivity contribution in [3.63, 3.8) is 0 Å². The van der Waals surface area contributed by atoms with E-state index < -0.39 is 0 Å². The number of pyridine rings is 1. The van der Waals surface area contributed by atoms with Crippen molar-refractivity contribution in [3.05, 3.63) is 23.9 Å². The van der Waals surface area contributed by atoms with Crippen LogP contribution in [0.1, 0.15) is 36.5 Å². The highest BCUT2D eigenvalue weighted by atomic mass is 32.2. The molecule has 2 unspecified atom stereocenters. The molecule has 1 aliphatic carbocycles. The second-order valence-electron chi connectivity index (χ2n) is 4.58. The van der Waals surface area contributed by atoms with Gasteiger partial charge in [0.15, 0.2) is 0 Å². The molecule has 0 bridgehead atoms. The molecule has 0 aromatic carbocycles. The van der Waals surface area contributed by atoms with Gasteiger partial charge in [-0.15, -0.1) is 0 Å². The van der Waals surface area contributed by atoms with Crippen LogP contribution in [0.5, 0.6) is 0 Å². The second kappa shape index (κ2) is 6.80. The highest BCUT2D eigenvalue weighted by Crippen LogP contribution is 2.31. The van der Waals surface area contributed by atoms with Crippen molar-refractivity contribution in [2.45, 2.75) is 37.5 Å². The van der Waals surface area contributed by atoms with Gasteiger partial charge in [0, 0.05) is 17.5 Å². The lowest BCUT2D eigenvalue weighted by molar-refractivity contribution is 0.0527. The molecule has 0 amide bonds. The van der Waals surface area contributed by atoms with Crippen molar-refractivity contribution < 1.29 is 9.53 Å². The number of hydrogen-bond donors (Lipinski definition) is 1. The van der Waals surface area contributed by atoms with Gasteiger partial charge in [-0.25, -0.2) is 9.78 Å². The summed E-state index contributed by atoms with van der Waals surface area (Å²) in [5, 5.41) is 4.01. The number of esters is 1. The molecule has 2 atom stereocenters. The lowest BCUT2D eigenvalue weighted by Gasteiger charge is -2.20. The number of carbonyl (C=O) groups is 1. The zero-order chi connectivity index (χ0) is 13.7. The van der Waals surface area contributed by atoms with E-state index in [4.69, 9.17) is 4.74 Å². The SMILES string of the molecule is CCOC(=O)c1cccnc1NC1CCCC1SC. The molecule has 1 fully saturated rings. The molecule has 1 N–H and O–H groups in total. The number of rotatable bonds is 5. The van der Waals surface area contributed by atoms with Gasteiger partial charge in [0.2, 0.25) is 0 Å². The molecule has 0 spiro atoms. The lowest BCUT2D eigenvalue weighted by Crippen LogP contribution is -2.27. The van der Waals surface area contributed by atoms with E-state index in [1.807, 2.05) is 18.7 Å². The molecule has 2 rings (SSSR count). The van der Waals surface area contributed by atoms with E-state index in [0.29, 0.717) is 29.3 Å². The molecule has 1 aromatic heterocycles. The van der Waals surface area contributed by atoms with Crippen molar-refractivity contribution in [1.82, 2.24) is 4.98 Å². The van der Waals surface area contributed by atoms with Gasteiger partial charge in [-0.3, -0.25) is 0 Å². The number of ether oxygens (including phenoxy) is 1. The van der Waals surface area contributed by atoms with Crippen molar-refractivity contribution in [2.24, 2.45) is 0 Å². The van der Waals surface area contributed by atoms with E-state index >= 15 is 0 Å². The van der Waals surface area contributed by atoms with Crippen LogP contribution in [0.25, 0.3) is 0 Å². The third-order valence-corrected chi connectivity index (χ3v) is 4.55. The molecule has 104 valence electrons. The number of aromatic nitrogens is 1. The maximum absolute atomic E-state index is 11.9. The molecular formula is C14H20N2O2S. The third kappa shape index (κ3) is 3.41. The Bertz CT molecular complexity index is 439. The molecule has 4 nitrogen and oxygen atoms in total. The van der Waals surface area contributed by atoms with Crippen LogP contribution in [0, 0.1) is 0 Å².